The number of nitrogens with one attached hydrogen (secondary N) is 1. The van der Waals surface area contributed by atoms with Gasteiger partial charge in [-0.05, 0) is 38.6 Å². The first-order valence-corrected chi connectivity index (χ1v) is 6.37. The standard InChI is InChI=1S/C13H16ClN3O2/c1-8(15-3)10-4-5-13(11(14)6-10)18-7-12-9(2)16-19-17-12/h4-6,8,15H,7H2,1-3H3. The third kappa shape index (κ3) is 3.24. The lowest BCUT2D eigenvalue weighted by molar-refractivity contribution is 0.270. The number of benzene rings is 1. The van der Waals surface area contributed by atoms with Crippen molar-refractivity contribution in [1.82, 2.24) is 15.6 Å². The summed E-state index contributed by atoms with van der Waals surface area (Å²) in [5.74, 6) is 0.621. The minimum absolute atomic E-state index is 0.244. The Morgan fingerprint density at radius 2 is 2.21 bits per heavy atom. The summed E-state index contributed by atoms with van der Waals surface area (Å²) in [6.45, 7) is 4.17. The quantitative estimate of drug-likeness (QED) is 0.913. The van der Waals surface area contributed by atoms with Gasteiger partial charge in [0.15, 0.2) is 0 Å². The van der Waals surface area contributed by atoms with Crippen molar-refractivity contribution in [3.63, 3.8) is 0 Å². The Bertz CT molecular complexity index is 557. The monoisotopic (exact) mass is 281 g/mol. The van der Waals surface area contributed by atoms with Crippen LogP contribution in [0.15, 0.2) is 22.8 Å². The summed E-state index contributed by atoms with van der Waals surface area (Å²) in [5, 5.41) is 11.2. The van der Waals surface area contributed by atoms with Crippen LogP contribution in [0.2, 0.25) is 5.02 Å². The zero-order chi connectivity index (χ0) is 13.8. The molecule has 102 valence electrons. The summed E-state index contributed by atoms with van der Waals surface area (Å²) in [6.07, 6.45) is 0. The minimum Gasteiger partial charge on any atom is -0.486 e. The van der Waals surface area contributed by atoms with Crippen LogP contribution in [0.3, 0.4) is 0 Å². The second-order valence-electron chi connectivity index (χ2n) is 4.29. The van der Waals surface area contributed by atoms with E-state index in [0.29, 0.717) is 16.5 Å². The molecular formula is C13H16ClN3O2. The maximum Gasteiger partial charge on any atom is 0.145 e. The number of ether oxygens (including phenoxy) is 1. The van der Waals surface area contributed by atoms with Crippen molar-refractivity contribution in [3.05, 3.63) is 40.2 Å². The van der Waals surface area contributed by atoms with Crippen LogP contribution in [0.5, 0.6) is 5.75 Å². The summed E-state index contributed by atoms with van der Waals surface area (Å²) < 4.78 is 10.2. The fourth-order valence-electron chi connectivity index (χ4n) is 1.60. The van der Waals surface area contributed by atoms with Crippen molar-refractivity contribution in [2.24, 2.45) is 0 Å². The van der Waals surface area contributed by atoms with Crippen LogP contribution in [0, 0.1) is 6.92 Å². The fourth-order valence-corrected chi connectivity index (χ4v) is 1.84. The zero-order valence-electron chi connectivity index (χ0n) is 11.1. The molecule has 0 aliphatic rings. The molecule has 0 amide bonds. The Balaban J connectivity index is 2.07. The van der Waals surface area contributed by atoms with Gasteiger partial charge in [-0.3, -0.25) is 0 Å². The lowest BCUT2D eigenvalue weighted by atomic mass is 10.1. The normalized spacial score (nSPS) is 12.4. The number of aryl methyl sites for hydroxylation is 1. The molecule has 1 unspecified atom stereocenters. The van der Waals surface area contributed by atoms with Crippen LogP contribution in [-0.2, 0) is 6.61 Å². The molecule has 1 N–H and O–H groups in total. The molecule has 0 saturated carbocycles. The zero-order valence-corrected chi connectivity index (χ0v) is 11.9. The van der Waals surface area contributed by atoms with Crippen molar-refractivity contribution in [1.29, 1.82) is 0 Å². The molecule has 1 heterocycles. The van der Waals surface area contributed by atoms with Gasteiger partial charge in [0.1, 0.15) is 23.7 Å². The van der Waals surface area contributed by atoms with Crippen molar-refractivity contribution in [2.75, 3.05) is 7.05 Å². The Kier molecular flexibility index (Phi) is 4.39. The Morgan fingerprint density at radius 1 is 1.42 bits per heavy atom. The highest BCUT2D eigenvalue weighted by atomic mass is 35.5. The van der Waals surface area contributed by atoms with Crippen molar-refractivity contribution >= 4 is 11.6 Å². The SMILES string of the molecule is CNC(C)c1ccc(OCc2nonc2C)c(Cl)c1. The van der Waals surface area contributed by atoms with Crippen LogP contribution in [0.1, 0.15) is 29.9 Å². The molecule has 5 nitrogen and oxygen atoms in total. The molecule has 0 aliphatic carbocycles. The van der Waals surface area contributed by atoms with Gasteiger partial charge in [-0.1, -0.05) is 28.0 Å². The van der Waals surface area contributed by atoms with Gasteiger partial charge < -0.3 is 10.1 Å². The summed E-state index contributed by atoms with van der Waals surface area (Å²) >= 11 is 6.20. The molecule has 0 fully saturated rings. The number of halogens is 1. The molecule has 1 aromatic heterocycles. The third-order valence-electron chi connectivity index (χ3n) is 3.00. The van der Waals surface area contributed by atoms with Gasteiger partial charge >= 0.3 is 0 Å². The molecule has 2 rings (SSSR count). The molecule has 0 radical (unpaired) electrons. The highest BCUT2D eigenvalue weighted by Gasteiger charge is 2.10. The Morgan fingerprint density at radius 3 is 2.79 bits per heavy atom. The van der Waals surface area contributed by atoms with E-state index < -0.39 is 0 Å². The molecule has 0 aliphatic heterocycles. The van der Waals surface area contributed by atoms with Gasteiger partial charge in [0.25, 0.3) is 0 Å². The van der Waals surface area contributed by atoms with Crippen LogP contribution in [0.4, 0.5) is 0 Å². The number of aromatic nitrogens is 2. The van der Waals surface area contributed by atoms with Crippen LogP contribution in [0.25, 0.3) is 0 Å². The first-order chi connectivity index (χ1) is 9.11. The van der Waals surface area contributed by atoms with Gasteiger partial charge in [-0.15, -0.1) is 0 Å². The Hall–Kier alpha value is -1.59. The molecule has 19 heavy (non-hydrogen) atoms. The van der Waals surface area contributed by atoms with Crippen LogP contribution in [-0.4, -0.2) is 17.4 Å². The van der Waals surface area contributed by atoms with E-state index in [-0.39, 0.29) is 12.6 Å². The average molecular weight is 282 g/mol. The van der Waals surface area contributed by atoms with Crippen molar-refractivity contribution in [3.8, 4) is 5.75 Å². The van der Waals surface area contributed by atoms with E-state index >= 15 is 0 Å². The highest BCUT2D eigenvalue weighted by Crippen LogP contribution is 2.28. The van der Waals surface area contributed by atoms with E-state index in [0.717, 1.165) is 11.3 Å². The van der Waals surface area contributed by atoms with Gasteiger partial charge in [0.05, 0.1) is 5.02 Å². The van der Waals surface area contributed by atoms with Gasteiger partial charge in [-0.2, -0.15) is 0 Å². The summed E-state index contributed by atoms with van der Waals surface area (Å²) in [4.78, 5) is 0. The number of nitrogens with zero attached hydrogens (tertiary/aromatic N) is 2. The fraction of sp³-hybridized carbons (Fsp3) is 0.385. The van der Waals surface area contributed by atoms with E-state index in [4.69, 9.17) is 16.3 Å². The summed E-state index contributed by atoms with van der Waals surface area (Å²) in [6, 6.07) is 5.98. The van der Waals surface area contributed by atoms with E-state index in [9.17, 15) is 0 Å². The molecule has 0 bridgehead atoms. The Labute approximate surface area is 116 Å². The molecule has 0 spiro atoms. The highest BCUT2D eigenvalue weighted by molar-refractivity contribution is 6.32. The number of hydrogen-bond donors (Lipinski definition) is 1. The van der Waals surface area contributed by atoms with Gasteiger partial charge in [0, 0.05) is 6.04 Å². The molecule has 6 heteroatoms. The maximum absolute atomic E-state index is 6.20. The summed E-state index contributed by atoms with van der Waals surface area (Å²) in [5.41, 5.74) is 2.50. The molecule has 1 atom stereocenters. The second-order valence-corrected chi connectivity index (χ2v) is 4.69. The van der Waals surface area contributed by atoms with Crippen LogP contribution >= 0.6 is 11.6 Å². The predicted molar refractivity (Wildman–Crippen MR) is 72.3 cm³/mol. The first-order valence-electron chi connectivity index (χ1n) is 5.99. The number of hydrogen-bond acceptors (Lipinski definition) is 5. The van der Waals surface area contributed by atoms with E-state index in [1.807, 2.05) is 32.2 Å². The second kappa shape index (κ2) is 6.04. The third-order valence-corrected chi connectivity index (χ3v) is 3.30. The van der Waals surface area contributed by atoms with Gasteiger partial charge in [0.2, 0.25) is 0 Å². The largest absolute Gasteiger partial charge is 0.486 e. The van der Waals surface area contributed by atoms with E-state index in [1.54, 1.807) is 0 Å². The topological polar surface area (TPSA) is 60.2 Å². The molecule has 2 aromatic rings. The molecular weight excluding hydrogens is 266 g/mol. The van der Waals surface area contributed by atoms with E-state index in [2.05, 4.69) is 27.2 Å². The van der Waals surface area contributed by atoms with Crippen molar-refractivity contribution < 1.29 is 9.37 Å². The van der Waals surface area contributed by atoms with Crippen LogP contribution < -0.4 is 10.1 Å². The van der Waals surface area contributed by atoms with Crippen molar-refractivity contribution in [2.45, 2.75) is 26.5 Å². The van der Waals surface area contributed by atoms with Gasteiger partial charge in [-0.25, -0.2) is 4.63 Å². The minimum atomic E-state index is 0.244. The van der Waals surface area contributed by atoms with E-state index in [1.165, 1.54) is 0 Å². The molecule has 1 aromatic carbocycles. The average Bonchev–Trinajstić information content (AvgIpc) is 2.82. The lowest BCUT2D eigenvalue weighted by Gasteiger charge is -2.13. The number of rotatable bonds is 5. The predicted octanol–water partition coefficient (Wildman–Crippen LogP) is 2.89. The maximum atomic E-state index is 6.20. The smallest absolute Gasteiger partial charge is 0.145 e. The molecule has 0 saturated heterocycles. The first kappa shape index (κ1) is 13.8. The lowest BCUT2D eigenvalue weighted by Crippen LogP contribution is -2.12. The summed E-state index contributed by atoms with van der Waals surface area (Å²) in [7, 11) is 1.91.